The van der Waals surface area contributed by atoms with Crippen LogP contribution in [0, 0.1) is 17.3 Å². The molecule has 0 amide bonds. The molecule has 0 aliphatic heterocycles. The van der Waals surface area contributed by atoms with Gasteiger partial charge in [-0.25, -0.2) is 0 Å². The fourth-order valence-corrected chi connectivity index (χ4v) is 7.63. The van der Waals surface area contributed by atoms with E-state index in [1.54, 1.807) is 19.4 Å². The van der Waals surface area contributed by atoms with Gasteiger partial charge >= 0.3 is 0 Å². The smallest absolute Gasteiger partial charge is 0.117 e. The number of fused-ring (bicyclic) bond motifs is 1. The second-order valence-corrected chi connectivity index (χ2v) is 12.3. The van der Waals surface area contributed by atoms with E-state index in [4.69, 9.17) is 0 Å². The predicted octanol–water partition coefficient (Wildman–Crippen LogP) is 5.76. The minimum atomic E-state index is -1.00. The zero-order valence-corrected chi connectivity index (χ0v) is 20.2. The van der Waals surface area contributed by atoms with Crippen molar-refractivity contribution < 1.29 is 15.3 Å². The van der Waals surface area contributed by atoms with Crippen molar-refractivity contribution in [3.8, 4) is 0 Å². The zero-order chi connectivity index (χ0) is 22.2. The molecule has 3 aliphatic carbocycles. The molecule has 0 unspecified atom stereocenters. The molecule has 0 aromatic rings. The first kappa shape index (κ1) is 24.1. The Hall–Kier alpha value is -0.550. The maximum absolute atomic E-state index is 11.1. The summed E-state index contributed by atoms with van der Waals surface area (Å²) in [5.41, 5.74) is 2.97. The summed E-state index contributed by atoms with van der Waals surface area (Å²) in [6, 6.07) is 0. The number of aliphatic hydroxyl groups excluding tert-OH is 1. The fraction of sp³-hybridized carbons (Fsp3) is 0.769. The molecule has 0 spiro atoms. The van der Waals surface area contributed by atoms with Gasteiger partial charge in [0.1, 0.15) is 4.93 Å². The van der Waals surface area contributed by atoms with Crippen molar-refractivity contribution in [1.82, 2.24) is 0 Å². The highest BCUT2D eigenvalue weighted by Gasteiger charge is 2.48. The van der Waals surface area contributed by atoms with E-state index in [0.717, 1.165) is 17.1 Å². The molecule has 5 atom stereocenters. The Bertz CT molecular complexity index is 704. The summed E-state index contributed by atoms with van der Waals surface area (Å²) in [5.74, 6) is 2.17. The van der Waals surface area contributed by atoms with E-state index in [2.05, 4.69) is 32.6 Å². The van der Waals surface area contributed by atoms with Gasteiger partial charge in [0.05, 0.1) is 11.7 Å². The van der Waals surface area contributed by atoms with Crippen LogP contribution in [0.25, 0.3) is 0 Å². The Morgan fingerprint density at radius 1 is 1.27 bits per heavy atom. The lowest BCUT2D eigenvalue weighted by Gasteiger charge is -2.42. The number of aliphatic hydroxyl groups is 3. The van der Waals surface area contributed by atoms with E-state index in [9.17, 15) is 15.3 Å². The lowest BCUT2D eigenvalue weighted by atomic mass is 9.63. The van der Waals surface area contributed by atoms with E-state index < -0.39 is 16.6 Å². The molecule has 30 heavy (non-hydrogen) atoms. The van der Waals surface area contributed by atoms with Crippen molar-refractivity contribution in [2.75, 3.05) is 5.75 Å². The third-order valence-electron chi connectivity index (χ3n) is 8.03. The molecule has 3 fully saturated rings. The van der Waals surface area contributed by atoms with Gasteiger partial charge in [-0.2, -0.15) is 0 Å². The maximum atomic E-state index is 11.1. The number of thioether (sulfide) groups is 1. The first-order valence-corrected chi connectivity index (χ1v) is 12.8. The Morgan fingerprint density at radius 3 is 2.67 bits per heavy atom. The average Bonchev–Trinajstić information content (AvgIpc) is 2.99. The Morgan fingerprint density at radius 2 is 2.00 bits per heavy atom. The lowest BCUT2D eigenvalue weighted by Crippen LogP contribution is -2.37. The first-order valence-electron chi connectivity index (χ1n) is 11.8. The van der Waals surface area contributed by atoms with Crippen LogP contribution in [0.3, 0.4) is 0 Å². The third-order valence-corrected chi connectivity index (χ3v) is 9.29. The molecular formula is C26H42O3S. The van der Waals surface area contributed by atoms with Crippen LogP contribution in [0.5, 0.6) is 0 Å². The van der Waals surface area contributed by atoms with E-state index >= 15 is 0 Å². The summed E-state index contributed by atoms with van der Waals surface area (Å²) < 4.78 is 0. The van der Waals surface area contributed by atoms with Gasteiger partial charge in [0.15, 0.2) is 0 Å². The van der Waals surface area contributed by atoms with Gasteiger partial charge in [-0.15, -0.1) is 11.8 Å². The van der Waals surface area contributed by atoms with Crippen LogP contribution in [-0.2, 0) is 0 Å². The van der Waals surface area contributed by atoms with Gasteiger partial charge in [-0.05, 0) is 86.5 Å². The molecule has 4 heteroatoms. The Kier molecular flexibility index (Phi) is 7.34. The first-order chi connectivity index (χ1) is 14.0. The average molecular weight is 435 g/mol. The summed E-state index contributed by atoms with van der Waals surface area (Å²) in [6.45, 7) is 12.5. The van der Waals surface area contributed by atoms with E-state index in [1.165, 1.54) is 50.3 Å². The lowest BCUT2D eigenvalue weighted by molar-refractivity contribution is 0.0593. The van der Waals surface area contributed by atoms with Crippen LogP contribution in [0.15, 0.2) is 35.5 Å². The number of hydrogen-bond acceptors (Lipinski definition) is 4. The maximum Gasteiger partial charge on any atom is 0.117 e. The van der Waals surface area contributed by atoms with Crippen LogP contribution in [0.2, 0.25) is 0 Å². The largest absolute Gasteiger partial charge is 0.390 e. The second-order valence-electron chi connectivity index (χ2n) is 10.8. The highest BCUT2D eigenvalue weighted by atomic mass is 32.2. The van der Waals surface area contributed by atoms with Gasteiger partial charge in [-0.3, -0.25) is 0 Å². The van der Waals surface area contributed by atoms with Crippen molar-refractivity contribution in [2.45, 2.75) is 102 Å². The monoisotopic (exact) mass is 434 g/mol. The Labute approximate surface area is 187 Å². The molecule has 3 nitrogen and oxygen atoms in total. The van der Waals surface area contributed by atoms with Crippen molar-refractivity contribution in [1.29, 1.82) is 0 Å². The van der Waals surface area contributed by atoms with Crippen molar-refractivity contribution >= 4 is 11.8 Å². The van der Waals surface area contributed by atoms with Crippen LogP contribution in [0.4, 0.5) is 0 Å². The van der Waals surface area contributed by atoms with E-state index in [-0.39, 0.29) is 0 Å². The molecule has 3 rings (SSSR count). The molecular weight excluding hydrogens is 392 g/mol. The SMILES string of the molecule is C=C1C(=CC=C2CCC[C@]3(C)[C@@H](CC)CC[C@H]23)C[C@](O)(SCCC(C)(C)O)C[C@@H]1O. The van der Waals surface area contributed by atoms with Gasteiger partial charge in [-0.1, -0.05) is 44.6 Å². The third kappa shape index (κ3) is 5.26. The second kappa shape index (κ2) is 9.13. The molecule has 0 saturated heterocycles. The molecule has 170 valence electrons. The summed E-state index contributed by atoms with van der Waals surface area (Å²) in [7, 11) is 0. The molecule has 0 aromatic heterocycles. The normalized spacial score (nSPS) is 40.2. The van der Waals surface area contributed by atoms with Crippen LogP contribution < -0.4 is 0 Å². The molecule has 3 aliphatic rings. The minimum absolute atomic E-state index is 0.301. The molecule has 0 heterocycles. The van der Waals surface area contributed by atoms with Crippen molar-refractivity contribution in [3.05, 3.63) is 35.5 Å². The minimum Gasteiger partial charge on any atom is -0.390 e. The van der Waals surface area contributed by atoms with Gasteiger partial charge in [0, 0.05) is 12.8 Å². The van der Waals surface area contributed by atoms with Crippen molar-refractivity contribution in [3.63, 3.8) is 0 Å². The van der Waals surface area contributed by atoms with E-state index in [1.807, 2.05) is 0 Å². The topological polar surface area (TPSA) is 60.7 Å². The van der Waals surface area contributed by atoms with E-state index in [0.29, 0.717) is 36.3 Å². The molecule has 3 N–H and O–H groups in total. The van der Waals surface area contributed by atoms with Gasteiger partial charge < -0.3 is 15.3 Å². The number of rotatable bonds is 6. The fourth-order valence-electron chi connectivity index (χ4n) is 6.11. The molecule has 0 aromatic carbocycles. The standard InChI is InChI=1S/C26H42O3S/c1-6-21-11-12-22-19(8-7-13-25(21,22)5)9-10-20-16-26(29,17-23(27)18(20)2)30-15-14-24(3,4)28/h9-10,21-23,27-29H,2,6-8,11-17H2,1,3-5H3/t21-,22+,23-,25+,26-/m0/s1. The van der Waals surface area contributed by atoms with Crippen LogP contribution >= 0.6 is 11.8 Å². The predicted molar refractivity (Wildman–Crippen MR) is 127 cm³/mol. The summed E-state index contributed by atoms with van der Waals surface area (Å²) in [6.07, 6.45) is 12.8. The summed E-state index contributed by atoms with van der Waals surface area (Å²) in [5, 5.41) is 31.7. The summed E-state index contributed by atoms with van der Waals surface area (Å²) in [4.78, 5) is -1.00. The van der Waals surface area contributed by atoms with Crippen LogP contribution in [0.1, 0.15) is 85.5 Å². The van der Waals surface area contributed by atoms with Crippen molar-refractivity contribution in [2.24, 2.45) is 17.3 Å². The van der Waals surface area contributed by atoms with Crippen LogP contribution in [-0.4, -0.2) is 37.7 Å². The number of hydrogen-bond donors (Lipinski definition) is 3. The quantitative estimate of drug-likeness (QED) is 0.465. The highest BCUT2D eigenvalue weighted by molar-refractivity contribution is 8.00. The number of allylic oxidation sites excluding steroid dienone is 3. The van der Waals surface area contributed by atoms with Gasteiger partial charge in [0.25, 0.3) is 0 Å². The molecule has 3 saturated carbocycles. The van der Waals surface area contributed by atoms with Gasteiger partial charge in [0.2, 0.25) is 0 Å². The molecule has 0 bridgehead atoms. The summed E-state index contributed by atoms with van der Waals surface area (Å²) >= 11 is 1.45. The highest BCUT2D eigenvalue weighted by Crippen LogP contribution is 2.58. The zero-order valence-electron chi connectivity index (χ0n) is 19.4. The molecule has 0 radical (unpaired) electrons. The Balaban J connectivity index is 1.75.